The Morgan fingerprint density at radius 3 is 2.56 bits per heavy atom. The Morgan fingerprint density at radius 1 is 1.28 bits per heavy atom. The molecular weight excluding hydrogens is 224 g/mol. The standard InChI is InChI=1S/C15H26N2O/c1-11-6-7-15(18)14(10-11)13(3)16-12(2)8-9-17(4)5/h6-7,10,12-13,16,18H,8-9H2,1-5H3. The highest BCUT2D eigenvalue weighted by molar-refractivity contribution is 5.37. The predicted octanol–water partition coefficient (Wildman–Crippen LogP) is 2.69. The number of phenols is 1. The summed E-state index contributed by atoms with van der Waals surface area (Å²) in [6, 6.07) is 6.35. The van der Waals surface area contributed by atoms with E-state index in [0.717, 1.165) is 18.5 Å². The topological polar surface area (TPSA) is 35.5 Å². The average Bonchev–Trinajstić information content (AvgIpc) is 2.29. The summed E-state index contributed by atoms with van der Waals surface area (Å²) in [5.41, 5.74) is 2.16. The molecule has 2 unspecified atom stereocenters. The van der Waals surface area contributed by atoms with Crippen molar-refractivity contribution in [2.75, 3.05) is 20.6 Å². The number of nitrogens with one attached hydrogen (secondary N) is 1. The number of hydrogen-bond acceptors (Lipinski definition) is 3. The van der Waals surface area contributed by atoms with Gasteiger partial charge in [-0.15, -0.1) is 0 Å². The highest BCUT2D eigenvalue weighted by Crippen LogP contribution is 2.25. The molecule has 0 saturated carbocycles. The second-order valence-corrected chi connectivity index (χ2v) is 5.44. The van der Waals surface area contributed by atoms with E-state index < -0.39 is 0 Å². The fraction of sp³-hybridized carbons (Fsp3) is 0.600. The van der Waals surface area contributed by atoms with Crippen molar-refractivity contribution in [3.8, 4) is 5.75 Å². The van der Waals surface area contributed by atoms with Gasteiger partial charge in [0.05, 0.1) is 0 Å². The highest BCUT2D eigenvalue weighted by atomic mass is 16.3. The smallest absolute Gasteiger partial charge is 0.120 e. The third-order valence-electron chi connectivity index (χ3n) is 3.19. The molecule has 0 fully saturated rings. The number of benzene rings is 1. The van der Waals surface area contributed by atoms with Crippen LogP contribution in [0.2, 0.25) is 0 Å². The molecule has 0 aliphatic carbocycles. The fourth-order valence-corrected chi connectivity index (χ4v) is 2.07. The van der Waals surface area contributed by atoms with Crippen LogP contribution >= 0.6 is 0 Å². The SMILES string of the molecule is Cc1ccc(O)c(C(C)NC(C)CCN(C)C)c1. The minimum absolute atomic E-state index is 0.169. The maximum absolute atomic E-state index is 9.89. The minimum Gasteiger partial charge on any atom is -0.508 e. The Morgan fingerprint density at radius 2 is 1.94 bits per heavy atom. The minimum atomic E-state index is 0.169. The van der Waals surface area contributed by atoms with Crippen molar-refractivity contribution >= 4 is 0 Å². The van der Waals surface area contributed by atoms with Gasteiger partial charge in [-0.3, -0.25) is 0 Å². The summed E-state index contributed by atoms with van der Waals surface area (Å²) in [7, 11) is 4.17. The molecule has 0 saturated heterocycles. The van der Waals surface area contributed by atoms with Gasteiger partial charge < -0.3 is 15.3 Å². The summed E-state index contributed by atoms with van der Waals surface area (Å²) in [5.74, 6) is 0.375. The molecule has 0 spiro atoms. The van der Waals surface area contributed by atoms with Crippen molar-refractivity contribution in [3.05, 3.63) is 29.3 Å². The van der Waals surface area contributed by atoms with Gasteiger partial charge in [0.15, 0.2) is 0 Å². The van der Waals surface area contributed by atoms with E-state index >= 15 is 0 Å². The normalized spacial score (nSPS) is 14.8. The number of aryl methyl sites for hydroxylation is 1. The molecule has 18 heavy (non-hydrogen) atoms. The summed E-state index contributed by atoms with van der Waals surface area (Å²) in [6.07, 6.45) is 1.10. The highest BCUT2D eigenvalue weighted by Gasteiger charge is 2.13. The molecule has 2 N–H and O–H groups in total. The lowest BCUT2D eigenvalue weighted by Gasteiger charge is -2.22. The van der Waals surface area contributed by atoms with Crippen LogP contribution in [0.4, 0.5) is 0 Å². The second-order valence-electron chi connectivity index (χ2n) is 5.44. The molecule has 102 valence electrons. The Bertz CT molecular complexity index is 377. The van der Waals surface area contributed by atoms with Crippen molar-refractivity contribution in [3.63, 3.8) is 0 Å². The number of phenolic OH excluding ortho intramolecular Hbond substituents is 1. The number of rotatable bonds is 6. The zero-order valence-electron chi connectivity index (χ0n) is 12.2. The molecule has 0 amide bonds. The van der Waals surface area contributed by atoms with Crippen molar-refractivity contribution in [2.45, 2.75) is 39.3 Å². The van der Waals surface area contributed by atoms with Crippen molar-refractivity contribution in [2.24, 2.45) is 0 Å². The first-order valence-electron chi connectivity index (χ1n) is 6.60. The van der Waals surface area contributed by atoms with E-state index in [-0.39, 0.29) is 6.04 Å². The molecule has 0 aliphatic heterocycles. The van der Waals surface area contributed by atoms with Gasteiger partial charge in [-0.1, -0.05) is 17.7 Å². The molecule has 1 rings (SSSR count). The Hall–Kier alpha value is -1.06. The molecule has 1 aromatic carbocycles. The summed E-state index contributed by atoms with van der Waals surface area (Å²) in [4.78, 5) is 2.19. The Balaban J connectivity index is 2.58. The third kappa shape index (κ3) is 4.67. The van der Waals surface area contributed by atoms with Crippen LogP contribution in [0.5, 0.6) is 5.75 Å². The van der Waals surface area contributed by atoms with E-state index in [1.54, 1.807) is 6.07 Å². The van der Waals surface area contributed by atoms with Crippen molar-refractivity contribution in [1.82, 2.24) is 10.2 Å². The molecule has 0 heterocycles. The number of hydrogen-bond donors (Lipinski definition) is 2. The number of aromatic hydroxyl groups is 1. The Kier molecular flexibility index (Phi) is 5.63. The van der Waals surface area contributed by atoms with Gasteiger partial charge in [0.1, 0.15) is 5.75 Å². The first kappa shape index (κ1) is 15.0. The van der Waals surface area contributed by atoms with E-state index in [4.69, 9.17) is 0 Å². The third-order valence-corrected chi connectivity index (χ3v) is 3.19. The van der Waals surface area contributed by atoms with E-state index in [9.17, 15) is 5.11 Å². The number of nitrogens with zero attached hydrogens (tertiary/aromatic N) is 1. The van der Waals surface area contributed by atoms with Gasteiger partial charge in [-0.2, -0.15) is 0 Å². The van der Waals surface area contributed by atoms with Gasteiger partial charge in [0.2, 0.25) is 0 Å². The zero-order valence-corrected chi connectivity index (χ0v) is 12.2. The lowest BCUT2D eigenvalue weighted by molar-refractivity contribution is 0.351. The Labute approximate surface area is 111 Å². The van der Waals surface area contributed by atoms with E-state index in [2.05, 4.69) is 38.2 Å². The maximum atomic E-state index is 9.89. The van der Waals surface area contributed by atoms with Crippen LogP contribution in [0.1, 0.15) is 37.4 Å². The summed E-state index contributed by atoms with van der Waals surface area (Å²) < 4.78 is 0. The summed E-state index contributed by atoms with van der Waals surface area (Å²) >= 11 is 0. The van der Waals surface area contributed by atoms with E-state index in [0.29, 0.717) is 11.8 Å². The second kappa shape index (κ2) is 6.76. The summed E-state index contributed by atoms with van der Waals surface area (Å²) in [5, 5.41) is 13.4. The van der Waals surface area contributed by atoms with Crippen LogP contribution in [0.15, 0.2) is 18.2 Å². The summed E-state index contributed by atoms with van der Waals surface area (Å²) in [6.45, 7) is 7.40. The quantitative estimate of drug-likeness (QED) is 0.815. The van der Waals surface area contributed by atoms with Crippen molar-refractivity contribution in [1.29, 1.82) is 0 Å². The van der Waals surface area contributed by atoms with Gasteiger partial charge in [0, 0.05) is 17.6 Å². The molecular formula is C15H26N2O. The lowest BCUT2D eigenvalue weighted by Crippen LogP contribution is -2.31. The monoisotopic (exact) mass is 250 g/mol. The fourth-order valence-electron chi connectivity index (χ4n) is 2.07. The van der Waals surface area contributed by atoms with Gasteiger partial charge in [0.25, 0.3) is 0 Å². The van der Waals surface area contributed by atoms with Crippen molar-refractivity contribution < 1.29 is 5.11 Å². The molecule has 1 aromatic rings. The molecule has 0 aliphatic rings. The molecule has 3 nitrogen and oxygen atoms in total. The first-order valence-corrected chi connectivity index (χ1v) is 6.60. The van der Waals surface area contributed by atoms with E-state index in [1.807, 2.05) is 19.1 Å². The van der Waals surface area contributed by atoms with Crippen LogP contribution in [0, 0.1) is 6.92 Å². The average molecular weight is 250 g/mol. The first-order chi connectivity index (χ1) is 8.40. The molecule has 0 bridgehead atoms. The zero-order chi connectivity index (χ0) is 13.7. The largest absolute Gasteiger partial charge is 0.508 e. The molecule has 0 radical (unpaired) electrons. The predicted molar refractivity (Wildman–Crippen MR) is 77.0 cm³/mol. The van der Waals surface area contributed by atoms with Gasteiger partial charge >= 0.3 is 0 Å². The van der Waals surface area contributed by atoms with Crippen LogP contribution in [-0.2, 0) is 0 Å². The van der Waals surface area contributed by atoms with Gasteiger partial charge in [-0.05, 0) is 53.9 Å². The molecule has 3 heteroatoms. The van der Waals surface area contributed by atoms with Crippen LogP contribution < -0.4 is 5.32 Å². The lowest BCUT2D eigenvalue weighted by atomic mass is 10.0. The maximum Gasteiger partial charge on any atom is 0.120 e. The molecule has 0 aromatic heterocycles. The molecule has 2 atom stereocenters. The van der Waals surface area contributed by atoms with Gasteiger partial charge in [-0.25, -0.2) is 0 Å². The van der Waals surface area contributed by atoms with Crippen LogP contribution in [0.25, 0.3) is 0 Å². The van der Waals surface area contributed by atoms with Crippen LogP contribution in [0.3, 0.4) is 0 Å². The van der Waals surface area contributed by atoms with Crippen LogP contribution in [-0.4, -0.2) is 36.7 Å². The van der Waals surface area contributed by atoms with E-state index in [1.165, 1.54) is 5.56 Å².